The zero-order chi connectivity index (χ0) is 20.9. The first-order valence-electron chi connectivity index (χ1n) is 8.75. The monoisotopic (exact) mass is 382 g/mol. The van der Waals surface area contributed by atoms with Crippen LogP contribution in [0.25, 0.3) is 6.08 Å². The third-order valence-electron chi connectivity index (χ3n) is 3.45. The van der Waals surface area contributed by atoms with E-state index in [1.165, 1.54) is 0 Å². The van der Waals surface area contributed by atoms with Gasteiger partial charge in [-0.1, -0.05) is 67.8 Å². The largest absolute Gasteiger partial charge is 0.478 e. The highest BCUT2D eigenvalue weighted by Crippen LogP contribution is 2.10. The van der Waals surface area contributed by atoms with Crippen LogP contribution in [0.2, 0.25) is 0 Å². The molecule has 28 heavy (non-hydrogen) atoms. The number of allylic oxidation sites excluding steroid dienone is 5. The number of ether oxygens (including phenoxy) is 2. The van der Waals surface area contributed by atoms with Gasteiger partial charge in [0.1, 0.15) is 12.7 Å². The lowest BCUT2D eigenvalue weighted by Crippen LogP contribution is -2.09. The summed E-state index contributed by atoms with van der Waals surface area (Å²) in [6.45, 7) is 11.3. The van der Waals surface area contributed by atoms with Gasteiger partial charge >= 0.3 is 11.9 Å². The van der Waals surface area contributed by atoms with Crippen molar-refractivity contribution in [3.63, 3.8) is 0 Å². The van der Waals surface area contributed by atoms with E-state index in [0.717, 1.165) is 11.1 Å². The van der Waals surface area contributed by atoms with E-state index in [1.807, 2.05) is 42.5 Å². The number of hydrogen-bond acceptors (Lipinski definition) is 4. The van der Waals surface area contributed by atoms with Gasteiger partial charge in [-0.05, 0) is 31.1 Å². The van der Waals surface area contributed by atoms with Crippen LogP contribution in [0.3, 0.4) is 0 Å². The molecule has 0 spiro atoms. The second-order valence-corrected chi connectivity index (χ2v) is 6.11. The molecule has 0 saturated carbocycles. The smallest absolute Gasteiger partial charge is 0.333 e. The third kappa shape index (κ3) is 10.1. The Morgan fingerprint density at radius 2 is 1.93 bits per heavy atom. The van der Waals surface area contributed by atoms with Crippen molar-refractivity contribution in [3.8, 4) is 0 Å². The Balaban J connectivity index is 0.000000330. The van der Waals surface area contributed by atoms with Crippen LogP contribution in [0.1, 0.15) is 19.4 Å². The summed E-state index contributed by atoms with van der Waals surface area (Å²) in [6, 6.07) is 9.82. The van der Waals surface area contributed by atoms with Crippen molar-refractivity contribution in [2.24, 2.45) is 0 Å². The topological polar surface area (TPSA) is 76.1 Å². The van der Waals surface area contributed by atoms with Crippen molar-refractivity contribution in [1.82, 2.24) is 0 Å². The number of carbonyl (C=O) groups excluding carboxylic acids is 1. The number of epoxide rings is 1. The normalized spacial score (nSPS) is 16.0. The SMILES string of the molecule is C=C(C)C(=O)OCC1CO1.C=CC=C(C=Cc1ccccc1)C=C(C)C(=O)O. The number of carboxylic acid groups (broad SMARTS) is 1. The fourth-order valence-electron chi connectivity index (χ4n) is 1.81. The standard InChI is InChI=1S/C16H16O2.C7H10O3/c1-3-7-15(12-13(2)16(17)18)11-10-14-8-5-4-6-9-14;1-5(2)7(8)10-4-6-3-9-6/h3-12H,1H2,2H3,(H,17,18);6H,1,3-4H2,2H3. The van der Waals surface area contributed by atoms with Gasteiger partial charge in [-0.2, -0.15) is 0 Å². The number of carbonyl (C=O) groups is 2. The highest BCUT2D eigenvalue weighted by atomic mass is 16.6. The summed E-state index contributed by atoms with van der Waals surface area (Å²) < 4.78 is 9.60. The average molecular weight is 382 g/mol. The summed E-state index contributed by atoms with van der Waals surface area (Å²) in [6.07, 6.45) is 8.96. The Labute approximate surface area is 166 Å². The lowest BCUT2D eigenvalue weighted by Gasteiger charge is -1.99. The van der Waals surface area contributed by atoms with Gasteiger partial charge in [-0.15, -0.1) is 0 Å². The number of esters is 1. The molecule has 1 aromatic carbocycles. The fraction of sp³-hybridized carbons (Fsp3) is 0.217. The van der Waals surface area contributed by atoms with Gasteiger partial charge in [0.2, 0.25) is 0 Å². The van der Waals surface area contributed by atoms with Crippen molar-refractivity contribution in [3.05, 3.63) is 90.1 Å². The zero-order valence-electron chi connectivity index (χ0n) is 16.3. The lowest BCUT2D eigenvalue weighted by atomic mass is 10.1. The summed E-state index contributed by atoms with van der Waals surface area (Å²) >= 11 is 0. The van der Waals surface area contributed by atoms with E-state index < -0.39 is 5.97 Å². The van der Waals surface area contributed by atoms with Crippen LogP contribution in [-0.4, -0.2) is 36.4 Å². The van der Waals surface area contributed by atoms with Crippen molar-refractivity contribution in [2.45, 2.75) is 20.0 Å². The molecular formula is C23H26O5. The molecule has 0 bridgehead atoms. The van der Waals surface area contributed by atoms with Gasteiger partial charge in [0.15, 0.2) is 0 Å². The van der Waals surface area contributed by atoms with E-state index in [0.29, 0.717) is 24.4 Å². The molecule has 5 heteroatoms. The molecular weight excluding hydrogens is 356 g/mol. The number of carboxylic acids is 1. The highest BCUT2D eigenvalue weighted by molar-refractivity contribution is 5.87. The van der Waals surface area contributed by atoms with Crippen LogP contribution in [0.4, 0.5) is 0 Å². The Hall–Kier alpha value is -3.18. The van der Waals surface area contributed by atoms with Crippen LogP contribution < -0.4 is 0 Å². The van der Waals surface area contributed by atoms with Gasteiger partial charge < -0.3 is 14.6 Å². The summed E-state index contributed by atoms with van der Waals surface area (Å²) in [5.41, 5.74) is 2.59. The molecule has 5 nitrogen and oxygen atoms in total. The quantitative estimate of drug-likeness (QED) is 0.313. The van der Waals surface area contributed by atoms with E-state index >= 15 is 0 Å². The molecule has 1 atom stereocenters. The van der Waals surface area contributed by atoms with Crippen LogP contribution >= 0.6 is 0 Å². The predicted octanol–water partition coefficient (Wildman–Crippen LogP) is 4.35. The van der Waals surface area contributed by atoms with E-state index in [2.05, 4.69) is 13.2 Å². The summed E-state index contributed by atoms with van der Waals surface area (Å²) in [7, 11) is 0. The van der Waals surface area contributed by atoms with Crippen molar-refractivity contribution in [1.29, 1.82) is 0 Å². The van der Waals surface area contributed by atoms with Crippen molar-refractivity contribution in [2.75, 3.05) is 13.2 Å². The van der Waals surface area contributed by atoms with Gasteiger partial charge in [-0.25, -0.2) is 9.59 Å². The zero-order valence-corrected chi connectivity index (χ0v) is 16.3. The maximum absolute atomic E-state index is 10.8. The molecule has 1 aliphatic heterocycles. The molecule has 0 amide bonds. The van der Waals surface area contributed by atoms with E-state index in [-0.39, 0.29) is 12.1 Å². The van der Waals surface area contributed by atoms with E-state index in [9.17, 15) is 9.59 Å². The minimum absolute atomic E-state index is 0.142. The van der Waals surface area contributed by atoms with E-state index in [1.54, 1.807) is 32.1 Å². The number of benzene rings is 1. The second-order valence-electron chi connectivity index (χ2n) is 6.11. The third-order valence-corrected chi connectivity index (χ3v) is 3.45. The molecule has 1 saturated heterocycles. The molecule has 148 valence electrons. The van der Waals surface area contributed by atoms with Crippen molar-refractivity contribution < 1.29 is 24.2 Å². The van der Waals surface area contributed by atoms with Gasteiger partial charge in [-0.3, -0.25) is 0 Å². The van der Waals surface area contributed by atoms with Crippen LogP contribution in [0, 0.1) is 0 Å². The minimum Gasteiger partial charge on any atom is -0.478 e. The Morgan fingerprint density at radius 1 is 1.29 bits per heavy atom. The fourth-order valence-corrected chi connectivity index (χ4v) is 1.81. The molecule has 0 radical (unpaired) electrons. The number of rotatable bonds is 8. The molecule has 1 aromatic rings. The first kappa shape index (κ1) is 22.9. The van der Waals surface area contributed by atoms with Crippen LogP contribution in [0.5, 0.6) is 0 Å². The highest BCUT2D eigenvalue weighted by Gasteiger charge is 2.24. The number of hydrogen-bond donors (Lipinski definition) is 1. The Bertz CT molecular complexity index is 780. The Kier molecular flexibility index (Phi) is 10.0. The van der Waals surface area contributed by atoms with E-state index in [4.69, 9.17) is 14.6 Å². The first-order chi connectivity index (χ1) is 13.3. The Morgan fingerprint density at radius 3 is 2.43 bits per heavy atom. The van der Waals surface area contributed by atoms with Gasteiger partial charge in [0.25, 0.3) is 0 Å². The minimum atomic E-state index is -0.918. The van der Waals surface area contributed by atoms with Gasteiger partial charge in [0.05, 0.1) is 6.61 Å². The van der Waals surface area contributed by atoms with Crippen molar-refractivity contribution >= 4 is 18.0 Å². The molecule has 0 aliphatic carbocycles. The summed E-state index contributed by atoms with van der Waals surface area (Å²) in [5.74, 6) is -1.26. The molecule has 0 aromatic heterocycles. The van der Waals surface area contributed by atoms with Gasteiger partial charge in [0, 0.05) is 11.1 Å². The first-order valence-corrected chi connectivity index (χ1v) is 8.75. The molecule has 1 aliphatic rings. The molecule has 1 unspecified atom stereocenters. The maximum Gasteiger partial charge on any atom is 0.333 e. The molecule has 1 heterocycles. The lowest BCUT2D eigenvalue weighted by molar-refractivity contribution is -0.139. The molecule has 2 rings (SSSR count). The average Bonchev–Trinajstić information content (AvgIpc) is 3.50. The maximum atomic E-state index is 10.8. The molecule has 1 fully saturated rings. The molecule has 1 N–H and O–H groups in total. The van der Waals surface area contributed by atoms with Crippen LogP contribution in [0.15, 0.2) is 84.5 Å². The van der Waals surface area contributed by atoms with Crippen LogP contribution in [-0.2, 0) is 19.1 Å². The number of aliphatic carboxylic acids is 1. The second kappa shape index (κ2) is 12.3. The predicted molar refractivity (Wildman–Crippen MR) is 111 cm³/mol. The summed E-state index contributed by atoms with van der Waals surface area (Å²) in [4.78, 5) is 21.5. The summed E-state index contributed by atoms with van der Waals surface area (Å²) in [5, 5.41) is 8.84.